The molecular weight excluding hydrogens is 411 g/mol. The Balaban J connectivity index is 0.00000264. The van der Waals surface area contributed by atoms with Gasteiger partial charge in [0.15, 0.2) is 5.96 Å². The molecule has 23 heavy (non-hydrogen) atoms. The number of hydrogen-bond donors (Lipinski definition) is 3. The van der Waals surface area contributed by atoms with Gasteiger partial charge in [-0.3, -0.25) is 4.99 Å². The molecule has 0 saturated carbocycles. The van der Waals surface area contributed by atoms with Gasteiger partial charge in [-0.25, -0.2) is 0 Å². The van der Waals surface area contributed by atoms with Crippen LogP contribution in [0.4, 0.5) is 0 Å². The zero-order valence-corrected chi connectivity index (χ0v) is 16.0. The molecule has 1 unspecified atom stereocenters. The Labute approximate surface area is 152 Å². The number of aliphatic hydroxyl groups is 1. The van der Waals surface area contributed by atoms with Gasteiger partial charge in [0.1, 0.15) is 17.1 Å². The summed E-state index contributed by atoms with van der Waals surface area (Å²) in [6, 6.07) is 3.48. The van der Waals surface area contributed by atoms with E-state index in [-0.39, 0.29) is 30.5 Å². The van der Waals surface area contributed by atoms with Gasteiger partial charge in [-0.1, -0.05) is 5.16 Å². The molecule has 0 saturated heterocycles. The third kappa shape index (κ3) is 4.96. The summed E-state index contributed by atoms with van der Waals surface area (Å²) in [5.41, 5.74) is 0.730. The van der Waals surface area contributed by atoms with Crippen molar-refractivity contribution >= 4 is 29.9 Å². The van der Waals surface area contributed by atoms with E-state index in [0.29, 0.717) is 18.3 Å². The average molecular weight is 434 g/mol. The van der Waals surface area contributed by atoms with Gasteiger partial charge in [-0.05, 0) is 32.9 Å². The van der Waals surface area contributed by atoms with Crippen LogP contribution < -0.4 is 10.6 Å². The van der Waals surface area contributed by atoms with Gasteiger partial charge >= 0.3 is 0 Å². The van der Waals surface area contributed by atoms with Crippen LogP contribution in [0.15, 0.2) is 32.3 Å². The second-order valence-corrected chi connectivity index (χ2v) is 5.33. The van der Waals surface area contributed by atoms with Gasteiger partial charge in [0.2, 0.25) is 0 Å². The van der Waals surface area contributed by atoms with Crippen LogP contribution in [0.3, 0.4) is 0 Å². The first-order chi connectivity index (χ1) is 10.4. The first kappa shape index (κ1) is 19.5. The summed E-state index contributed by atoms with van der Waals surface area (Å²) < 4.78 is 10.4. The minimum atomic E-state index is -1.12. The Hall–Kier alpha value is -1.55. The number of aliphatic imine (C=N–C) groups is 1. The van der Waals surface area contributed by atoms with Gasteiger partial charge < -0.3 is 24.7 Å². The highest BCUT2D eigenvalue weighted by atomic mass is 127. The van der Waals surface area contributed by atoms with E-state index >= 15 is 0 Å². The first-order valence-electron chi connectivity index (χ1n) is 7.06. The molecule has 2 aromatic rings. The lowest BCUT2D eigenvalue weighted by Crippen LogP contribution is -2.44. The van der Waals surface area contributed by atoms with Gasteiger partial charge in [-0.15, -0.1) is 24.0 Å². The molecular formula is C15H23IN4O3. The van der Waals surface area contributed by atoms with Crippen molar-refractivity contribution in [3.63, 3.8) is 0 Å². The van der Waals surface area contributed by atoms with Gasteiger partial charge in [-0.2, -0.15) is 0 Å². The van der Waals surface area contributed by atoms with E-state index in [0.717, 1.165) is 17.0 Å². The molecule has 0 radical (unpaired) electrons. The Morgan fingerprint density at radius 3 is 2.65 bits per heavy atom. The van der Waals surface area contributed by atoms with Crippen LogP contribution in [0.25, 0.3) is 0 Å². The fourth-order valence-electron chi connectivity index (χ4n) is 2.07. The first-order valence-corrected chi connectivity index (χ1v) is 7.06. The Bertz CT molecular complexity index is 616. The molecule has 128 valence electrons. The lowest BCUT2D eigenvalue weighted by molar-refractivity contribution is 0.0386. The second kappa shape index (κ2) is 8.34. The molecule has 0 bridgehead atoms. The number of aryl methyl sites for hydroxylation is 2. The van der Waals surface area contributed by atoms with E-state index in [9.17, 15) is 5.11 Å². The zero-order valence-electron chi connectivity index (χ0n) is 13.7. The topological polar surface area (TPSA) is 95.8 Å². The molecule has 3 N–H and O–H groups in total. The summed E-state index contributed by atoms with van der Waals surface area (Å²) in [7, 11) is 1.67. The molecule has 0 aliphatic carbocycles. The third-order valence-corrected chi connectivity index (χ3v) is 3.49. The predicted octanol–water partition coefficient (Wildman–Crippen LogP) is 2.08. The molecule has 0 aliphatic heterocycles. The van der Waals surface area contributed by atoms with Gasteiger partial charge in [0.25, 0.3) is 0 Å². The molecule has 2 heterocycles. The van der Waals surface area contributed by atoms with E-state index in [1.54, 1.807) is 26.1 Å². The van der Waals surface area contributed by atoms with E-state index in [1.165, 1.54) is 6.26 Å². The predicted molar refractivity (Wildman–Crippen MR) is 97.9 cm³/mol. The molecule has 1 atom stereocenters. The highest BCUT2D eigenvalue weighted by Gasteiger charge is 2.26. The monoisotopic (exact) mass is 434 g/mol. The summed E-state index contributed by atoms with van der Waals surface area (Å²) >= 11 is 0. The summed E-state index contributed by atoms with van der Waals surface area (Å²) in [5.74, 6) is 1.86. The maximum atomic E-state index is 10.4. The summed E-state index contributed by atoms with van der Waals surface area (Å²) in [4.78, 5) is 4.13. The number of rotatable bonds is 5. The van der Waals surface area contributed by atoms with Crippen molar-refractivity contribution in [1.82, 2.24) is 15.8 Å². The van der Waals surface area contributed by atoms with Gasteiger partial charge in [0, 0.05) is 19.2 Å². The largest absolute Gasteiger partial charge is 0.466 e. The number of hydrogen-bond acceptors (Lipinski definition) is 5. The van der Waals surface area contributed by atoms with Crippen LogP contribution >= 0.6 is 24.0 Å². The molecule has 0 aliphatic rings. The Kier molecular flexibility index (Phi) is 7.07. The van der Waals surface area contributed by atoms with Crippen LogP contribution in [0.1, 0.15) is 29.7 Å². The standard InChI is InChI=1S/C15H22N4O3.HI/c1-10-12(11(2)22-19-10)8-17-14(16-4)18-9-15(3,20)13-6-5-7-21-13;/h5-7,20H,8-9H2,1-4H3,(H2,16,17,18);1H. The van der Waals surface area contributed by atoms with Crippen LogP contribution in [-0.4, -0.2) is 29.8 Å². The van der Waals surface area contributed by atoms with Crippen molar-refractivity contribution in [1.29, 1.82) is 0 Å². The molecule has 0 amide bonds. The van der Waals surface area contributed by atoms with Gasteiger partial charge in [0.05, 0.1) is 18.5 Å². The molecule has 0 aromatic carbocycles. The second-order valence-electron chi connectivity index (χ2n) is 5.33. The maximum absolute atomic E-state index is 10.4. The fraction of sp³-hybridized carbons (Fsp3) is 0.467. The number of nitrogens with zero attached hydrogens (tertiary/aromatic N) is 2. The average Bonchev–Trinajstić information content (AvgIpc) is 3.12. The molecule has 2 rings (SSSR count). The van der Waals surface area contributed by atoms with Crippen molar-refractivity contribution < 1.29 is 14.0 Å². The number of furan rings is 1. The summed E-state index contributed by atoms with van der Waals surface area (Å²) in [6.07, 6.45) is 1.54. The van der Waals surface area contributed by atoms with E-state index < -0.39 is 5.60 Å². The van der Waals surface area contributed by atoms with Crippen LogP contribution in [0.5, 0.6) is 0 Å². The molecule has 7 nitrogen and oxygen atoms in total. The van der Waals surface area contributed by atoms with Crippen LogP contribution in [-0.2, 0) is 12.1 Å². The van der Waals surface area contributed by atoms with Crippen LogP contribution in [0, 0.1) is 13.8 Å². The molecule has 0 fully saturated rings. The highest BCUT2D eigenvalue weighted by molar-refractivity contribution is 14.0. The maximum Gasteiger partial charge on any atom is 0.191 e. The SMILES string of the molecule is CN=C(NCc1c(C)noc1C)NCC(C)(O)c1ccco1.I. The summed E-state index contributed by atoms with van der Waals surface area (Å²) in [5, 5.41) is 20.6. The van der Waals surface area contributed by atoms with E-state index in [2.05, 4.69) is 20.8 Å². The van der Waals surface area contributed by atoms with Crippen molar-refractivity contribution in [2.75, 3.05) is 13.6 Å². The Morgan fingerprint density at radius 2 is 2.13 bits per heavy atom. The Morgan fingerprint density at radius 1 is 1.39 bits per heavy atom. The molecule has 0 spiro atoms. The normalized spacial score (nSPS) is 14.0. The summed E-state index contributed by atoms with van der Waals surface area (Å²) in [6.45, 7) is 6.26. The number of halogens is 1. The molecule has 8 heteroatoms. The minimum absolute atomic E-state index is 0. The quantitative estimate of drug-likeness (QED) is 0.379. The number of aromatic nitrogens is 1. The van der Waals surface area contributed by atoms with E-state index in [4.69, 9.17) is 8.94 Å². The van der Waals surface area contributed by atoms with Crippen LogP contribution in [0.2, 0.25) is 0 Å². The smallest absolute Gasteiger partial charge is 0.191 e. The lowest BCUT2D eigenvalue weighted by atomic mass is 10.0. The number of guanidine groups is 1. The zero-order chi connectivity index (χ0) is 16.2. The van der Waals surface area contributed by atoms with Crippen molar-refractivity contribution in [2.45, 2.75) is 32.9 Å². The lowest BCUT2D eigenvalue weighted by Gasteiger charge is -2.22. The highest BCUT2D eigenvalue weighted by Crippen LogP contribution is 2.19. The number of nitrogens with one attached hydrogen (secondary N) is 2. The van der Waals surface area contributed by atoms with Crippen molar-refractivity contribution in [2.24, 2.45) is 4.99 Å². The van der Waals surface area contributed by atoms with Crippen molar-refractivity contribution in [3.8, 4) is 0 Å². The third-order valence-electron chi connectivity index (χ3n) is 3.49. The fourth-order valence-corrected chi connectivity index (χ4v) is 2.07. The molecule has 2 aromatic heterocycles. The van der Waals surface area contributed by atoms with E-state index in [1.807, 2.05) is 13.8 Å². The van der Waals surface area contributed by atoms with Crippen molar-refractivity contribution in [3.05, 3.63) is 41.2 Å². The minimum Gasteiger partial charge on any atom is -0.466 e.